The first kappa shape index (κ1) is 23.9. The van der Waals surface area contributed by atoms with Gasteiger partial charge in [0.05, 0.1) is 11.4 Å². The van der Waals surface area contributed by atoms with Crippen molar-refractivity contribution < 1.29 is 9.59 Å². The number of fused-ring (bicyclic) bond motifs is 1. The highest BCUT2D eigenvalue weighted by atomic mass is 16.2. The van der Waals surface area contributed by atoms with Crippen LogP contribution in [0.15, 0.2) is 60.9 Å². The Morgan fingerprint density at radius 2 is 1.74 bits per heavy atom. The number of hydrogen-bond acceptors (Lipinski definition) is 4. The molecule has 0 atom stereocenters. The van der Waals surface area contributed by atoms with E-state index in [1.165, 1.54) is 5.56 Å². The van der Waals surface area contributed by atoms with Crippen molar-refractivity contribution in [2.75, 3.05) is 17.2 Å². The molecule has 3 amide bonds. The molecular formula is C27H30N6O2. The Balaban J connectivity index is 1.64. The highest BCUT2D eigenvalue weighted by molar-refractivity contribution is 6.05. The predicted molar refractivity (Wildman–Crippen MR) is 139 cm³/mol. The number of carbonyl (C=O) groups is 2. The maximum atomic E-state index is 13.0. The highest BCUT2D eigenvalue weighted by Gasteiger charge is 2.17. The van der Waals surface area contributed by atoms with Crippen molar-refractivity contribution >= 4 is 29.0 Å². The lowest BCUT2D eigenvalue weighted by Crippen LogP contribution is -2.28. The van der Waals surface area contributed by atoms with E-state index in [0.29, 0.717) is 34.8 Å². The fraction of sp³-hybridized carbons (Fsp3) is 0.259. The molecule has 180 valence electrons. The van der Waals surface area contributed by atoms with Crippen LogP contribution in [0.4, 0.5) is 16.2 Å². The summed E-state index contributed by atoms with van der Waals surface area (Å²) in [5, 5.41) is 13.3. The summed E-state index contributed by atoms with van der Waals surface area (Å²) in [6.07, 6.45) is 3.35. The number of aromatic nitrogens is 3. The summed E-state index contributed by atoms with van der Waals surface area (Å²) >= 11 is 0. The minimum absolute atomic E-state index is 0.0220. The number of nitrogens with one attached hydrogen (secondary N) is 3. The highest BCUT2D eigenvalue weighted by Crippen LogP contribution is 2.30. The van der Waals surface area contributed by atoms with E-state index in [1.54, 1.807) is 23.0 Å². The molecule has 2 aromatic carbocycles. The lowest BCUT2D eigenvalue weighted by Gasteiger charge is -2.19. The van der Waals surface area contributed by atoms with Crippen LogP contribution >= 0.6 is 0 Å². The zero-order valence-electron chi connectivity index (χ0n) is 20.6. The summed E-state index contributed by atoms with van der Waals surface area (Å²) in [4.78, 5) is 29.4. The Morgan fingerprint density at radius 1 is 1.00 bits per heavy atom. The van der Waals surface area contributed by atoms with Crippen molar-refractivity contribution in [1.29, 1.82) is 0 Å². The lowest BCUT2D eigenvalue weighted by atomic mass is 9.86. The summed E-state index contributed by atoms with van der Waals surface area (Å²) in [5.41, 5.74) is 5.90. The van der Waals surface area contributed by atoms with Gasteiger partial charge in [-0.3, -0.25) is 4.79 Å². The van der Waals surface area contributed by atoms with Crippen LogP contribution in [0.2, 0.25) is 0 Å². The zero-order valence-corrected chi connectivity index (χ0v) is 20.6. The van der Waals surface area contributed by atoms with E-state index >= 15 is 0 Å². The molecule has 0 saturated carbocycles. The minimum Gasteiger partial charge on any atom is -0.338 e. The molecule has 3 N–H and O–H groups in total. The Labute approximate surface area is 204 Å². The Bertz CT molecular complexity index is 1380. The molecule has 4 rings (SSSR count). The van der Waals surface area contributed by atoms with Crippen molar-refractivity contribution in [2.24, 2.45) is 0 Å². The van der Waals surface area contributed by atoms with Gasteiger partial charge in [0.25, 0.3) is 5.91 Å². The smallest absolute Gasteiger partial charge is 0.319 e. The average molecular weight is 471 g/mol. The molecule has 0 bridgehead atoms. The Hall–Kier alpha value is -4.20. The third-order valence-electron chi connectivity index (χ3n) is 5.82. The summed E-state index contributed by atoms with van der Waals surface area (Å²) in [6, 6.07) is 14.8. The van der Waals surface area contributed by atoms with Crippen LogP contribution in [-0.4, -0.2) is 33.1 Å². The minimum atomic E-state index is -0.315. The van der Waals surface area contributed by atoms with Gasteiger partial charge in [-0.1, -0.05) is 45.0 Å². The maximum absolute atomic E-state index is 13.0. The number of carbonyl (C=O) groups excluding carboxylic acids is 2. The van der Waals surface area contributed by atoms with Crippen LogP contribution in [0, 0.1) is 6.92 Å². The molecule has 35 heavy (non-hydrogen) atoms. The first-order valence-corrected chi connectivity index (χ1v) is 11.6. The molecule has 0 radical (unpaired) electrons. The van der Waals surface area contributed by atoms with Gasteiger partial charge >= 0.3 is 6.03 Å². The molecule has 0 fully saturated rings. The maximum Gasteiger partial charge on any atom is 0.319 e. The number of rotatable bonds is 5. The van der Waals surface area contributed by atoms with Gasteiger partial charge in [0, 0.05) is 35.8 Å². The summed E-state index contributed by atoms with van der Waals surface area (Å²) in [6.45, 7) is 10.7. The average Bonchev–Trinajstić information content (AvgIpc) is 3.29. The summed E-state index contributed by atoms with van der Waals surface area (Å²) < 4.78 is 1.62. The number of urea groups is 1. The van der Waals surface area contributed by atoms with E-state index in [0.717, 1.165) is 11.1 Å². The number of anilines is 2. The number of amides is 3. The molecule has 0 unspecified atom stereocenters. The third kappa shape index (κ3) is 5.16. The van der Waals surface area contributed by atoms with Crippen LogP contribution in [0.25, 0.3) is 16.9 Å². The van der Waals surface area contributed by atoms with Gasteiger partial charge < -0.3 is 16.0 Å². The van der Waals surface area contributed by atoms with Crippen molar-refractivity contribution in [1.82, 2.24) is 19.9 Å². The van der Waals surface area contributed by atoms with Crippen LogP contribution in [0.3, 0.4) is 0 Å². The van der Waals surface area contributed by atoms with E-state index in [9.17, 15) is 9.59 Å². The largest absolute Gasteiger partial charge is 0.338 e. The summed E-state index contributed by atoms with van der Waals surface area (Å²) in [7, 11) is 0. The van der Waals surface area contributed by atoms with Gasteiger partial charge in [0.2, 0.25) is 0 Å². The first-order valence-electron chi connectivity index (χ1n) is 11.6. The standard InChI is InChI=1S/C27H30N6O2/c1-6-28-26(35)31-23-16-22(32-33-15-14-29-24(23)33)20-8-7-9-21(17(20)2)30-25(34)18-10-12-19(13-11-18)27(3,4)5/h7-16H,6H2,1-5H3,(H,30,34)(H2,28,31,35). The van der Waals surface area contributed by atoms with E-state index in [4.69, 9.17) is 0 Å². The van der Waals surface area contributed by atoms with Gasteiger partial charge in [-0.05, 0) is 54.7 Å². The molecule has 0 saturated heterocycles. The predicted octanol–water partition coefficient (Wildman–Crippen LogP) is 5.40. The topological polar surface area (TPSA) is 100 Å². The van der Waals surface area contributed by atoms with E-state index in [-0.39, 0.29) is 17.4 Å². The molecule has 8 heteroatoms. The fourth-order valence-electron chi connectivity index (χ4n) is 3.83. The van der Waals surface area contributed by atoms with Gasteiger partial charge in [0.15, 0.2) is 5.65 Å². The molecule has 8 nitrogen and oxygen atoms in total. The summed E-state index contributed by atoms with van der Waals surface area (Å²) in [5.74, 6) is -0.178. The second-order valence-electron chi connectivity index (χ2n) is 9.38. The monoisotopic (exact) mass is 470 g/mol. The molecule has 0 aliphatic heterocycles. The molecular weight excluding hydrogens is 440 g/mol. The number of hydrogen-bond donors (Lipinski definition) is 3. The molecule has 0 aliphatic rings. The van der Waals surface area contributed by atoms with Crippen molar-refractivity contribution in [3.05, 3.63) is 77.6 Å². The van der Waals surface area contributed by atoms with Gasteiger partial charge in [-0.15, -0.1) is 0 Å². The first-order chi connectivity index (χ1) is 16.7. The van der Waals surface area contributed by atoms with Crippen molar-refractivity contribution in [3.63, 3.8) is 0 Å². The van der Waals surface area contributed by atoms with Crippen molar-refractivity contribution in [3.8, 4) is 11.3 Å². The molecule has 0 aliphatic carbocycles. The Morgan fingerprint density at radius 3 is 2.43 bits per heavy atom. The van der Waals surface area contributed by atoms with Crippen molar-refractivity contribution in [2.45, 2.75) is 40.0 Å². The van der Waals surface area contributed by atoms with Gasteiger partial charge in [-0.2, -0.15) is 5.10 Å². The molecule has 2 aromatic heterocycles. The van der Waals surface area contributed by atoms with Crippen LogP contribution < -0.4 is 16.0 Å². The van der Waals surface area contributed by atoms with E-state index < -0.39 is 0 Å². The van der Waals surface area contributed by atoms with Crippen LogP contribution in [0.5, 0.6) is 0 Å². The van der Waals surface area contributed by atoms with E-state index in [1.807, 2.05) is 56.3 Å². The second-order valence-corrected chi connectivity index (χ2v) is 9.38. The number of nitrogens with zero attached hydrogens (tertiary/aromatic N) is 3. The number of imidazole rings is 1. The lowest BCUT2D eigenvalue weighted by molar-refractivity contribution is 0.102. The molecule has 0 spiro atoms. The van der Waals surface area contributed by atoms with E-state index in [2.05, 4.69) is 46.8 Å². The zero-order chi connectivity index (χ0) is 25.2. The Kier molecular flexibility index (Phi) is 6.55. The van der Waals surface area contributed by atoms with Gasteiger partial charge in [0.1, 0.15) is 0 Å². The molecule has 4 aromatic rings. The third-order valence-corrected chi connectivity index (χ3v) is 5.82. The quantitative estimate of drug-likeness (QED) is 0.364. The van der Waals surface area contributed by atoms with Gasteiger partial charge in [-0.25, -0.2) is 14.3 Å². The SMILES string of the molecule is CCNC(=O)Nc1cc(-c2cccc(NC(=O)c3ccc(C(C)(C)C)cc3)c2C)nn2ccnc12. The second kappa shape index (κ2) is 9.58. The fourth-order valence-corrected chi connectivity index (χ4v) is 3.83. The number of benzene rings is 2. The van der Waals surface area contributed by atoms with Crippen LogP contribution in [0.1, 0.15) is 49.2 Å². The van der Waals surface area contributed by atoms with Crippen LogP contribution in [-0.2, 0) is 5.41 Å². The normalized spacial score (nSPS) is 11.3. The molecule has 2 heterocycles.